The molecule has 35 heavy (non-hydrogen) atoms. The number of ether oxygens (including phenoxy) is 4. The van der Waals surface area contributed by atoms with Crippen molar-refractivity contribution >= 4 is 23.9 Å². The van der Waals surface area contributed by atoms with E-state index in [9.17, 15) is 19.2 Å². The molecule has 2 rings (SSSR count). The molecule has 0 heterocycles. The maximum Gasteiger partial charge on any atom is 0.320 e. The van der Waals surface area contributed by atoms with Gasteiger partial charge in [0.15, 0.2) is 0 Å². The molecule has 0 amide bonds. The van der Waals surface area contributed by atoms with Crippen LogP contribution in [0.1, 0.15) is 47.1 Å². The maximum absolute atomic E-state index is 15.2. The highest BCUT2D eigenvalue weighted by atomic mass is 19.1. The summed E-state index contributed by atoms with van der Waals surface area (Å²) >= 11 is 0. The Morgan fingerprint density at radius 2 is 1.34 bits per heavy atom. The Morgan fingerprint density at radius 3 is 1.86 bits per heavy atom. The summed E-state index contributed by atoms with van der Waals surface area (Å²) in [7, 11) is 0. The van der Waals surface area contributed by atoms with Gasteiger partial charge in [-0.2, -0.15) is 0 Å². The van der Waals surface area contributed by atoms with E-state index >= 15 is 4.39 Å². The standard InChI is InChI=1S/C26H29FO8/c1-15(24(30)34-18(4)32-16(2)28)26(6,25(31)35-19(5)33-17(3)29)21-12-13-22(23(27)14-21)20-10-8-7-9-11-20/h7-15,18-19H,1-6H3. The van der Waals surface area contributed by atoms with Crippen LogP contribution in [-0.4, -0.2) is 36.5 Å². The number of carbonyl (C=O) groups excluding carboxylic acids is 4. The van der Waals surface area contributed by atoms with Gasteiger partial charge in [0, 0.05) is 33.3 Å². The topological polar surface area (TPSA) is 105 Å². The Hall–Kier alpha value is -3.75. The van der Waals surface area contributed by atoms with Crippen molar-refractivity contribution in [3.63, 3.8) is 0 Å². The number of esters is 4. The van der Waals surface area contributed by atoms with Gasteiger partial charge in [-0.1, -0.05) is 49.4 Å². The van der Waals surface area contributed by atoms with E-state index in [1.807, 2.05) is 0 Å². The molecule has 0 aromatic heterocycles. The third-order valence-corrected chi connectivity index (χ3v) is 5.52. The van der Waals surface area contributed by atoms with E-state index in [1.54, 1.807) is 30.3 Å². The fraction of sp³-hybridized carbons (Fsp3) is 0.385. The Morgan fingerprint density at radius 1 is 0.800 bits per heavy atom. The molecule has 4 unspecified atom stereocenters. The van der Waals surface area contributed by atoms with Crippen LogP contribution in [-0.2, 0) is 43.5 Å². The SMILES string of the molecule is CC(=O)OC(C)OC(=O)C(C)C(C)(C(=O)OC(C)OC(C)=O)c1ccc(-c2ccccc2)c(F)c1. The summed E-state index contributed by atoms with van der Waals surface area (Å²) in [5.41, 5.74) is -0.680. The van der Waals surface area contributed by atoms with Gasteiger partial charge in [0.25, 0.3) is 0 Å². The Bertz CT molecular complexity index is 1080. The van der Waals surface area contributed by atoms with Crippen LogP contribution in [0.25, 0.3) is 11.1 Å². The van der Waals surface area contributed by atoms with Crippen LogP contribution in [0.15, 0.2) is 48.5 Å². The van der Waals surface area contributed by atoms with Crippen molar-refractivity contribution in [2.75, 3.05) is 0 Å². The van der Waals surface area contributed by atoms with E-state index < -0.39 is 53.6 Å². The summed E-state index contributed by atoms with van der Waals surface area (Å²) < 4.78 is 35.3. The van der Waals surface area contributed by atoms with Crippen LogP contribution < -0.4 is 0 Å². The van der Waals surface area contributed by atoms with Crippen molar-refractivity contribution < 1.29 is 42.5 Å². The summed E-state index contributed by atoms with van der Waals surface area (Å²) in [4.78, 5) is 48.6. The summed E-state index contributed by atoms with van der Waals surface area (Å²) in [6, 6.07) is 13.0. The monoisotopic (exact) mass is 488 g/mol. The molecule has 0 saturated heterocycles. The van der Waals surface area contributed by atoms with Crippen LogP contribution in [0.2, 0.25) is 0 Å². The molecule has 9 heteroatoms. The number of halogens is 1. The van der Waals surface area contributed by atoms with Crippen LogP contribution in [0.4, 0.5) is 4.39 Å². The van der Waals surface area contributed by atoms with E-state index in [1.165, 1.54) is 39.8 Å². The summed E-state index contributed by atoms with van der Waals surface area (Å²) in [6.45, 7) is 7.79. The lowest BCUT2D eigenvalue weighted by Crippen LogP contribution is -2.46. The van der Waals surface area contributed by atoms with Crippen LogP contribution in [0.5, 0.6) is 0 Å². The molecular formula is C26H29FO8. The van der Waals surface area contributed by atoms with Gasteiger partial charge in [-0.15, -0.1) is 0 Å². The second kappa shape index (κ2) is 11.6. The highest BCUT2D eigenvalue weighted by Crippen LogP contribution is 2.37. The van der Waals surface area contributed by atoms with Crippen molar-refractivity contribution in [3.8, 4) is 11.1 Å². The number of rotatable bonds is 9. The molecule has 0 bridgehead atoms. The molecule has 0 aliphatic rings. The molecule has 2 aromatic rings. The van der Waals surface area contributed by atoms with Gasteiger partial charge in [-0.25, -0.2) is 4.39 Å². The lowest BCUT2D eigenvalue weighted by atomic mass is 9.72. The van der Waals surface area contributed by atoms with E-state index in [0.29, 0.717) is 11.1 Å². The van der Waals surface area contributed by atoms with Gasteiger partial charge in [0.05, 0.1) is 5.92 Å². The number of hydrogen-bond acceptors (Lipinski definition) is 8. The Balaban J connectivity index is 2.47. The van der Waals surface area contributed by atoms with E-state index in [0.717, 1.165) is 19.9 Å². The van der Waals surface area contributed by atoms with Gasteiger partial charge in [-0.05, 0) is 24.1 Å². The third kappa shape index (κ3) is 6.88. The zero-order chi connectivity index (χ0) is 26.3. The lowest BCUT2D eigenvalue weighted by molar-refractivity contribution is -0.196. The van der Waals surface area contributed by atoms with Gasteiger partial charge in [0.2, 0.25) is 12.6 Å². The molecule has 2 aromatic carbocycles. The summed E-state index contributed by atoms with van der Waals surface area (Å²) in [6.07, 6.45) is -2.46. The van der Waals surface area contributed by atoms with Crippen LogP contribution in [0.3, 0.4) is 0 Å². The Labute approximate surface area is 203 Å². The average Bonchev–Trinajstić information content (AvgIpc) is 2.77. The number of benzene rings is 2. The van der Waals surface area contributed by atoms with Crippen molar-refractivity contribution in [3.05, 3.63) is 59.9 Å². The van der Waals surface area contributed by atoms with Gasteiger partial charge in [0.1, 0.15) is 11.2 Å². The molecular weight excluding hydrogens is 459 g/mol. The van der Waals surface area contributed by atoms with Crippen LogP contribution in [0, 0.1) is 11.7 Å². The molecule has 0 radical (unpaired) electrons. The van der Waals surface area contributed by atoms with E-state index in [-0.39, 0.29) is 5.56 Å². The van der Waals surface area contributed by atoms with Crippen molar-refractivity contribution in [1.29, 1.82) is 0 Å². The van der Waals surface area contributed by atoms with Gasteiger partial charge < -0.3 is 18.9 Å². The fourth-order valence-electron chi connectivity index (χ4n) is 3.52. The normalized spacial score (nSPS) is 15.1. The van der Waals surface area contributed by atoms with Crippen molar-refractivity contribution in [2.45, 2.75) is 59.5 Å². The highest BCUT2D eigenvalue weighted by Gasteiger charge is 2.48. The van der Waals surface area contributed by atoms with Gasteiger partial charge >= 0.3 is 23.9 Å². The molecule has 8 nitrogen and oxygen atoms in total. The molecule has 0 aliphatic heterocycles. The largest absolute Gasteiger partial charge is 0.426 e. The first-order valence-corrected chi connectivity index (χ1v) is 11.0. The first kappa shape index (κ1) is 27.5. The quantitative estimate of drug-likeness (QED) is 0.380. The minimum atomic E-state index is -1.75. The molecule has 0 aliphatic carbocycles. The predicted octanol–water partition coefficient (Wildman–Crippen LogP) is 4.29. The molecule has 0 spiro atoms. The second-order valence-corrected chi connectivity index (χ2v) is 8.18. The Kier molecular flexibility index (Phi) is 9.11. The highest BCUT2D eigenvalue weighted by molar-refractivity contribution is 5.90. The molecule has 4 atom stereocenters. The van der Waals surface area contributed by atoms with Crippen molar-refractivity contribution in [2.24, 2.45) is 5.92 Å². The third-order valence-electron chi connectivity index (χ3n) is 5.52. The number of carbonyl (C=O) groups is 4. The number of hydrogen-bond donors (Lipinski definition) is 0. The zero-order valence-corrected chi connectivity index (χ0v) is 20.5. The molecule has 188 valence electrons. The second-order valence-electron chi connectivity index (χ2n) is 8.18. The van der Waals surface area contributed by atoms with Gasteiger partial charge in [-0.3, -0.25) is 19.2 Å². The first-order valence-electron chi connectivity index (χ1n) is 11.0. The van der Waals surface area contributed by atoms with Crippen LogP contribution >= 0.6 is 0 Å². The predicted molar refractivity (Wildman–Crippen MR) is 123 cm³/mol. The minimum absolute atomic E-state index is 0.138. The average molecular weight is 489 g/mol. The zero-order valence-electron chi connectivity index (χ0n) is 20.5. The molecule has 0 N–H and O–H groups in total. The maximum atomic E-state index is 15.2. The fourth-order valence-corrected chi connectivity index (χ4v) is 3.52. The lowest BCUT2D eigenvalue weighted by Gasteiger charge is -2.34. The minimum Gasteiger partial charge on any atom is -0.426 e. The van der Waals surface area contributed by atoms with E-state index in [2.05, 4.69) is 0 Å². The summed E-state index contributed by atoms with van der Waals surface area (Å²) in [5.74, 6) is -4.98. The van der Waals surface area contributed by atoms with E-state index in [4.69, 9.17) is 18.9 Å². The first-order chi connectivity index (χ1) is 16.4. The smallest absolute Gasteiger partial charge is 0.320 e. The summed E-state index contributed by atoms with van der Waals surface area (Å²) in [5, 5.41) is 0. The molecule has 0 fully saturated rings. The molecule has 0 saturated carbocycles. The van der Waals surface area contributed by atoms with Crippen molar-refractivity contribution in [1.82, 2.24) is 0 Å².